The van der Waals surface area contributed by atoms with E-state index in [0.717, 1.165) is 24.1 Å². The van der Waals surface area contributed by atoms with Gasteiger partial charge in [-0.15, -0.1) is 0 Å². The highest BCUT2D eigenvalue weighted by atomic mass is 79.9. The van der Waals surface area contributed by atoms with Crippen LogP contribution in [0.4, 0.5) is 0 Å². The molecule has 1 N–H and O–H groups in total. The van der Waals surface area contributed by atoms with Crippen LogP contribution in [0.1, 0.15) is 24.9 Å². The van der Waals surface area contributed by atoms with Gasteiger partial charge in [-0.05, 0) is 31.0 Å². The lowest BCUT2D eigenvalue weighted by Gasteiger charge is -2.18. The molecule has 0 spiro atoms. The van der Waals surface area contributed by atoms with Gasteiger partial charge >= 0.3 is 0 Å². The monoisotopic (exact) mass is 269 g/mol. The maximum atomic E-state index is 5.34. The van der Waals surface area contributed by atoms with Gasteiger partial charge in [-0.25, -0.2) is 0 Å². The van der Waals surface area contributed by atoms with E-state index >= 15 is 0 Å². The van der Waals surface area contributed by atoms with Crippen molar-refractivity contribution in [2.75, 3.05) is 13.2 Å². The van der Waals surface area contributed by atoms with Crippen LogP contribution in [-0.4, -0.2) is 19.3 Å². The van der Waals surface area contributed by atoms with Gasteiger partial charge in [0.1, 0.15) is 0 Å². The lowest BCUT2D eigenvalue weighted by molar-refractivity contribution is 0.188. The summed E-state index contributed by atoms with van der Waals surface area (Å²) in [6.45, 7) is 3.94. The van der Waals surface area contributed by atoms with E-state index in [2.05, 4.69) is 52.4 Å². The minimum atomic E-state index is 0.393. The zero-order valence-electron chi connectivity index (χ0n) is 8.87. The smallest absolute Gasteiger partial charge is 0.0620 e. The molecule has 2 atom stereocenters. The minimum Gasteiger partial charge on any atom is -0.380 e. The molecule has 1 fully saturated rings. The summed E-state index contributed by atoms with van der Waals surface area (Å²) in [5.41, 5.74) is 1.32. The molecule has 0 aliphatic carbocycles. The maximum Gasteiger partial charge on any atom is 0.0620 e. The third-order valence-electron chi connectivity index (χ3n) is 2.79. The molecule has 15 heavy (non-hydrogen) atoms. The third-order valence-corrected chi connectivity index (χ3v) is 3.31. The Bertz CT molecular complexity index is 306. The Morgan fingerprint density at radius 1 is 1.40 bits per heavy atom. The summed E-state index contributed by atoms with van der Waals surface area (Å²) in [4.78, 5) is 0. The van der Waals surface area contributed by atoms with Crippen LogP contribution in [-0.2, 0) is 4.74 Å². The largest absolute Gasteiger partial charge is 0.380 e. The number of ether oxygens (including phenoxy) is 1. The second-order valence-electron chi connectivity index (χ2n) is 4.00. The summed E-state index contributed by atoms with van der Waals surface area (Å²) >= 11 is 3.44. The highest BCUT2D eigenvalue weighted by molar-refractivity contribution is 9.10. The van der Waals surface area contributed by atoms with Crippen LogP contribution < -0.4 is 5.32 Å². The fourth-order valence-corrected chi connectivity index (χ4v) is 2.13. The van der Waals surface area contributed by atoms with Crippen molar-refractivity contribution < 1.29 is 4.74 Å². The molecular weight excluding hydrogens is 254 g/mol. The molecule has 0 radical (unpaired) electrons. The van der Waals surface area contributed by atoms with E-state index < -0.39 is 0 Å². The van der Waals surface area contributed by atoms with Crippen molar-refractivity contribution in [3.05, 3.63) is 34.3 Å². The standard InChI is InChI=1S/C12H16BrNO/c1-9(14-12-6-7-15-8-12)10-2-4-11(13)5-3-10/h2-5,9,12,14H,6-8H2,1H3/t9-,12?/m0/s1. The number of nitrogens with one attached hydrogen (secondary N) is 1. The van der Waals surface area contributed by atoms with Gasteiger partial charge in [-0.2, -0.15) is 0 Å². The van der Waals surface area contributed by atoms with Gasteiger partial charge in [0.2, 0.25) is 0 Å². The van der Waals surface area contributed by atoms with Gasteiger partial charge in [0.25, 0.3) is 0 Å². The van der Waals surface area contributed by atoms with Crippen LogP contribution in [0.15, 0.2) is 28.7 Å². The topological polar surface area (TPSA) is 21.3 Å². The molecule has 2 rings (SSSR count). The summed E-state index contributed by atoms with van der Waals surface area (Å²) in [5.74, 6) is 0. The number of hydrogen-bond acceptors (Lipinski definition) is 2. The van der Waals surface area contributed by atoms with Gasteiger partial charge in [0, 0.05) is 23.2 Å². The van der Waals surface area contributed by atoms with E-state index in [0.29, 0.717) is 12.1 Å². The quantitative estimate of drug-likeness (QED) is 0.911. The first-order valence-electron chi connectivity index (χ1n) is 5.35. The van der Waals surface area contributed by atoms with Crippen LogP contribution >= 0.6 is 15.9 Å². The van der Waals surface area contributed by atoms with Crippen molar-refractivity contribution in [1.82, 2.24) is 5.32 Å². The predicted molar refractivity (Wildman–Crippen MR) is 64.9 cm³/mol. The van der Waals surface area contributed by atoms with E-state index in [1.165, 1.54) is 5.56 Å². The minimum absolute atomic E-state index is 0.393. The normalized spacial score (nSPS) is 22.9. The fraction of sp³-hybridized carbons (Fsp3) is 0.500. The molecule has 0 aromatic heterocycles. The molecule has 1 aromatic carbocycles. The van der Waals surface area contributed by atoms with Crippen molar-refractivity contribution in [3.63, 3.8) is 0 Å². The van der Waals surface area contributed by atoms with Crippen LogP contribution in [0.25, 0.3) is 0 Å². The molecule has 1 aromatic rings. The summed E-state index contributed by atoms with van der Waals surface area (Å²) < 4.78 is 6.47. The zero-order valence-corrected chi connectivity index (χ0v) is 10.5. The number of halogens is 1. The highest BCUT2D eigenvalue weighted by Crippen LogP contribution is 2.18. The van der Waals surface area contributed by atoms with Crippen LogP contribution in [0, 0.1) is 0 Å². The van der Waals surface area contributed by atoms with Crippen molar-refractivity contribution >= 4 is 15.9 Å². The second-order valence-corrected chi connectivity index (χ2v) is 4.92. The molecule has 2 nitrogen and oxygen atoms in total. The SMILES string of the molecule is C[C@H](NC1CCOC1)c1ccc(Br)cc1. The van der Waals surface area contributed by atoms with Crippen molar-refractivity contribution in [3.8, 4) is 0 Å². The van der Waals surface area contributed by atoms with Gasteiger partial charge in [0.05, 0.1) is 6.61 Å². The van der Waals surface area contributed by atoms with E-state index in [1.54, 1.807) is 0 Å². The average molecular weight is 270 g/mol. The summed E-state index contributed by atoms with van der Waals surface area (Å²) in [6, 6.07) is 9.38. The molecule has 0 saturated carbocycles. The first-order valence-corrected chi connectivity index (χ1v) is 6.14. The van der Waals surface area contributed by atoms with Gasteiger partial charge in [-0.1, -0.05) is 28.1 Å². The van der Waals surface area contributed by atoms with E-state index in [9.17, 15) is 0 Å². The maximum absolute atomic E-state index is 5.34. The van der Waals surface area contributed by atoms with E-state index in [4.69, 9.17) is 4.74 Å². The Labute approximate surface area is 99.1 Å². The lowest BCUT2D eigenvalue weighted by Crippen LogP contribution is -2.31. The number of hydrogen-bond donors (Lipinski definition) is 1. The Kier molecular flexibility index (Phi) is 3.78. The summed E-state index contributed by atoms with van der Waals surface area (Å²) in [6.07, 6.45) is 1.13. The summed E-state index contributed by atoms with van der Waals surface area (Å²) in [7, 11) is 0. The molecule has 0 amide bonds. The number of benzene rings is 1. The Hall–Kier alpha value is -0.380. The number of rotatable bonds is 3. The highest BCUT2D eigenvalue weighted by Gasteiger charge is 2.17. The molecule has 1 aliphatic rings. The Morgan fingerprint density at radius 2 is 2.13 bits per heavy atom. The molecule has 1 unspecified atom stereocenters. The molecule has 1 heterocycles. The molecule has 82 valence electrons. The Morgan fingerprint density at radius 3 is 2.73 bits per heavy atom. The third kappa shape index (κ3) is 3.03. The molecule has 0 bridgehead atoms. The van der Waals surface area contributed by atoms with E-state index in [1.807, 2.05) is 0 Å². The average Bonchev–Trinajstić information content (AvgIpc) is 2.71. The first-order chi connectivity index (χ1) is 7.25. The second kappa shape index (κ2) is 5.10. The van der Waals surface area contributed by atoms with E-state index in [-0.39, 0.29) is 0 Å². The van der Waals surface area contributed by atoms with Crippen LogP contribution in [0.3, 0.4) is 0 Å². The van der Waals surface area contributed by atoms with Gasteiger partial charge in [-0.3, -0.25) is 0 Å². The molecular formula is C12H16BrNO. The Balaban J connectivity index is 1.94. The van der Waals surface area contributed by atoms with Crippen molar-refractivity contribution in [2.24, 2.45) is 0 Å². The summed E-state index contributed by atoms with van der Waals surface area (Å²) in [5, 5.41) is 3.57. The van der Waals surface area contributed by atoms with Gasteiger partial charge in [0.15, 0.2) is 0 Å². The van der Waals surface area contributed by atoms with Gasteiger partial charge < -0.3 is 10.1 Å². The first kappa shape index (κ1) is 11.1. The van der Waals surface area contributed by atoms with Crippen molar-refractivity contribution in [2.45, 2.75) is 25.4 Å². The predicted octanol–water partition coefficient (Wildman–Crippen LogP) is 2.89. The van der Waals surface area contributed by atoms with Crippen LogP contribution in [0.2, 0.25) is 0 Å². The molecule has 3 heteroatoms. The molecule has 1 aliphatic heterocycles. The fourth-order valence-electron chi connectivity index (χ4n) is 1.87. The van der Waals surface area contributed by atoms with Crippen LogP contribution in [0.5, 0.6) is 0 Å². The zero-order chi connectivity index (χ0) is 10.7. The van der Waals surface area contributed by atoms with Crippen molar-refractivity contribution in [1.29, 1.82) is 0 Å². The molecule has 1 saturated heterocycles. The lowest BCUT2D eigenvalue weighted by atomic mass is 10.1.